The number of urea groups is 1. The number of carbonyl (C=O) groups is 1. The summed E-state index contributed by atoms with van der Waals surface area (Å²) in [4.78, 5) is 19.0. The molecule has 0 radical (unpaired) electrons. The molecule has 6 heteroatoms. The maximum absolute atomic E-state index is 12.3. The van der Waals surface area contributed by atoms with Gasteiger partial charge in [0.25, 0.3) is 0 Å². The van der Waals surface area contributed by atoms with Crippen LogP contribution < -0.4 is 15.5 Å². The lowest BCUT2D eigenvalue weighted by atomic mass is 10.1. The van der Waals surface area contributed by atoms with Crippen LogP contribution in [-0.2, 0) is 0 Å². The third-order valence-electron chi connectivity index (χ3n) is 4.31. The van der Waals surface area contributed by atoms with Crippen molar-refractivity contribution in [2.45, 2.75) is 38.8 Å². The number of piperidine rings is 1. The van der Waals surface area contributed by atoms with E-state index in [0.29, 0.717) is 0 Å². The van der Waals surface area contributed by atoms with Crippen LogP contribution in [0.15, 0.2) is 35.7 Å². The summed E-state index contributed by atoms with van der Waals surface area (Å²) in [6.45, 7) is 5.83. The molecule has 0 aliphatic carbocycles. The molecule has 24 heavy (non-hydrogen) atoms. The van der Waals surface area contributed by atoms with E-state index in [1.807, 2.05) is 25.3 Å². The monoisotopic (exact) mass is 344 g/mol. The summed E-state index contributed by atoms with van der Waals surface area (Å²) in [6, 6.07) is 10.3. The lowest BCUT2D eigenvalue weighted by Gasteiger charge is -2.35. The highest BCUT2D eigenvalue weighted by atomic mass is 32.1. The van der Waals surface area contributed by atoms with Gasteiger partial charge in [-0.2, -0.15) is 0 Å². The van der Waals surface area contributed by atoms with Gasteiger partial charge in [0.15, 0.2) is 0 Å². The summed E-state index contributed by atoms with van der Waals surface area (Å²) in [6.07, 6.45) is 2.10. The summed E-state index contributed by atoms with van der Waals surface area (Å²) in [5.41, 5.74) is 2.14. The number of aryl methyl sites for hydroxylation is 1. The summed E-state index contributed by atoms with van der Waals surface area (Å²) in [5.74, 6) is 0. The van der Waals surface area contributed by atoms with Crippen molar-refractivity contribution in [1.82, 2.24) is 15.6 Å². The molecular formula is C18H24N4OS. The Kier molecular flexibility index (Phi) is 5.35. The maximum Gasteiger partial charge on any atom is 0.315 e. The Morgan fingerprint density at radius 1 is 1.38 bits per heavy atom. The maximum atomic E-state index is 12.3. The van der Waals surface area contributed by atoms with Crippen LogP contribution >= 0.6 is 11.3 Å². The van der Waals surface area contributed by atoms with Crippen molar-refractivity contribution in [1.29, 1.82) is 0 Å². The van der Waals surface area contributed by atoms with Crippen molar-refractivity contribution in [3.63, 3.8) is 0 Å². The summed E-state index contributed by atoms with van der Waals surface area (Å²) < 4.78 is 0. The number of amides is 2. The third kappa shape index (κ3) is 4.26. The number of rotatable bonds is 4. The van der Waals surface area contributed by atoms with Crippen molar-refractivity contribution in [3.05, 3.63) is 46.4 Å². The second-order valence-electron chi connectivity index (χ2n) is 6.25. The molecule has 3 rings (SSSR count). The largest absolute Gasteiger partial charge is 0.369 e. The first-order valence-electron chi connectivity index (χ1n) is 8.41. The van der Waals surface area contributed by atoms with Gasteiger partial charge in [-0.05, 0) is 38.8 Å². The van der Waals surface area contributed by atoms with Crippen LogP contribution in [0, 0.1) is 6.92 Å². The Hall–Kier alpha value is -2.08. The van der Waals surface area contributed by atoms with Crippen molar-refractivity contribution in [2.75, 3.05) is 18.0 Å². The van der Waals surface area contributed by atoms with Gasteiger partial charge < -0.3 is 15.5 Å². The minimum Gasteiger partial charge on any atom is -0.369 e. The van der Waals surface area contributed by atoms with Gasteiger partial charge in [-0.1, -0.05) is 18.2 Å². The topological polar surface area (TPSA) is 57.3 Å². The number of thiazole rings is 1. The van der Waals surface area contributed by atoms with Crippen molar-refractivity contribution in [3.8, 4) is 0 Å². The van der Waals surface area contributed by atoms with Crippen LogP contribution in [0.2, 0.25) is 0 Å². The number of nitrogens with one attached hydrogen (secondary N) is 2. The zero-order chi connectivity index (χ0) is 16.9. The molecule has 0 bridgehead atoms. The molecule has 2 atom stereocenters. The number of para-hydroxylation sites is 1. The standard InChI is InChI=1S/C18H24N4OS/c1-13(17-12-24-14(2)20-17)19-18(23)21-15-7-6-10-22(11-15)16-8-4-3-5-9-16/h3-5,8-9,12-13,15H,6-7,10-11H2,1-2H3,(H2,19,21,23)/t13-,15+/m1/s1. The fraction of sp³-hybridized carbons (Fsp3) is 0.444. The van der Waals surface area contributed by atoms with Crippen LogP contribution in [0.4, 0.5) is 10.5 Å². The van der Waals surface area contributed by atoms with Crippen molar-refractivity contribution >= 4 is 23.1 Å². The van der Waals surface area contributed by atoms with Gasteiger partial charge in [-0.15, -0.1) is 11.3 Å². The van der Waals surface area contributed by atoms with Gasteiger partial charge in [-0.25, -0.2) is 9.78 Å². The average molecular weight is 344 g/mol. The molecule has 1 fully saturated rings. The average Bonchev–Trinajstić information content (AvgIpc) is 3.02. The predicted molar refractivity (Wildman–Crippen MR) is 98.6 cm³/mol. The number of hydrogen-bond donors (Lipinski definition) is 2. The minimum absolute atomic E-state index is 0.0798. The molecule has 2 aromatic rings. The first-order valence-corrected chi connectivity index (χ1v) is 9.29. The second kappa shape index (κ2) is 7.66. The van der Waals surface area contributed by atoms with E-state index in [1.165, 1.54) is 5.69 Å². The zero-order valence-electron chi connectivity index (χ0n) is 14.2. The van der Waals surface area contributed by atoms with Crippen LogP contribution in [0.3, 0.4) is 0 Å². The van der Waals surface area contributed by atoms with E-state index >= 15 is 0 Å². The molecule has 128 valence electrons. The molecule has 1 aliphatic rings. The van der Waals surface area contributed by atoms with E-state index in [-0.39, 0.29) is 18.1 Å². The van der Waals surface area contributed by atoms with E-state index in [4.69, 9.17) is 0 Å². The van der Waals surface area contributed by atoms with Gasteiger partial charge in [0.05, 0.1) is 16.7 Å². The first kappa shape index (κ1) is 16.8. The molecule has 0 unspecified atom stereocenters. The molecule has 2 N–H and O–H groups in total. The number of aromatic nitrogens is 1. The van der Waals surface area contributed by atoms with E-state index in [1.54, 1.807) is 11.3 Å². The van der Waals surface area contributed by atoms with Gasteiger partial charge in [-0.3, -0.25) is 0 Å². The van der Waals surface area contributed by atoms with Crippen LogP contribution in [0.1, 0.15) is 36.5 Å². The molecule has 2 amide bonds. The van der Waals surface area contributed by atoms with Crippen LogP contribution in [-0.4, -0.2) is 30.1 Å². The molecule has 2 heterocycles. The van der Waals surface area contributed by atoms with Crippen LogP contribution in [0.25, 0.3) is 0 Å². The van der Waals surface area contributed by atoms with E-state index < -0.39 is 0 Å². The molecule has 0 saturated carbocycles. The molecule has 5 nitrogen and oxygen atoms in total. The lowest BCUT2D eigenvalue weighted by molar-refractivity contribution is 0.232. The number of carbonyl (C=O) groups excluding carboxylic acids is 1. The molecule has 1 saturated heterocycles. The SMILES string of the molecule is Cc1nc([C@@H](C)NC(=O)N[C@H]2CCCN(c3ccccc3)C2)cs1. The molecule has 1 aromatic heterocycles. The highest BCUT2D eigenvalue weighted by molar-refractivity contribution is 7.09. The molecule has 0 spiro atoms. The fourth-order valence-corrected chi connectivity index (χ4v) is 3.75. The second-order valence-corrected chi connectivity index (χ2v) is 7.31. The molecule has 1 aromatic carbocycles. The normalized spacial score (nSPS) is 18.9. The van der Waals surface area contributed by atoms with Crippen molar-refractivity contribution in [2.24, 2.45) is 0 Å². The summed E-state index contributed by atoms with van der Waals surface area (Å²) in [5, 5.41) is 9.11. The lowest BCUT2D eigenvalue weighted by Crippen LogP contribution is -2.51. The van der Waals surface area contributed by atoms with Gasteiger partial charge in [0.2, 0.25) is 0 Å². The fourth-order valence-electron chi connectivity index (χ4n) is 3.04. The van der Waals surface area contributed by atoms with E-state index in [9.17, 15) is 4.79 Å². The minimum atomic E-state index is -0.118. The van der Waals surface area contributed by atoms with E-state index in [0.717, 1.165) is 36.6 Å². The van der Waals surface area contributed by atoms with E-state index in [2.05, 4.69) is 44.8 Å². The number of benzene rings is 1. The summed E-state index contributed by atoms with van der Waals surface area (Å²) >= 11 is 1.60. The Morgan fingerprint density at radius 3 is 2.88 bits per heavy atom. The molecule has 1 aliphatic heterocycles. The Bertz CT molecular complexity index is 673. The predicted octanol–water partition coefficient (Wildman–Crippen LogP) is 3.48. The Balaban J connectivity index is 1.52. The number of hydrogen-bond acceptors (Lipinski definition) is 4. The van der Waals surface area contributed by atoms with Gasteiger partial charge in [0, 0.05) is 30.2 Å². The summed E-state index contributed by atoms with van der Waals surface area (Å²) in [7, 11) is 0. The Labute approximate surface area is 147 Å². The zero-order valence-corrected chi connectivity index (χ0v) is 15.0. The number of anilines is 1. The highest BCUT2D eigenvalue weighted by Crippen LogP contribution is 2.20. The number of nitrogens with zero attached hydrogens (tertiary/aromatic N) is 2. The quantitative estimate of drug-likeness (QED) is 0.893. The third-order valence-corrected chi connectivity index (χ3v) is 5.10. The van der Waals surface area contributed by atoms with Gasteiger partial charge >= 0.3 is 6.03 Å². The highest BCUT2D eigenvalue weighted by Gasteiger charge is 2.22. The van der Waals surface area contributed by atoms with Crippen LogP contribution in [0.5, 0.6) is 0 Å². The van der Waals surface area contributed by atoms with Crippen molar-refractivity contribution < 1.29 is 4.79 Å². The first-order chi connectivity index (χ1) is 11.6. The smallest absolute Gasteiger partial charge is 0.315 e. The molecular weight excluding hydrogens is 320 g/mol. The Morgan fingerprint density at radius 2 is 2.17 bits per heavy atom. The van der Waals surface area contributed by atoms with Gasteiger partial charge in [0.1, 0.15) is 0 Å².